The van der Waals surface area contributed by atoms with Gasteiger partial charge < -0.3 is 10.0 Å². The van der Waals surface area contributed by atoms with Gasteiger partial charge in [0.05, 0.1) is 0 Å². The van der Waals surface area contributed by atoms with E-state index in [1.165, 1.54) is 12.1 Å². The molecule has 0 unspecified atom stereocenters. The summed E-state index contributed by atoms with van der Waals surface area (Å²) in [5, 5.41) is 9.28. The fourth-order valence-electron chi connectivity index (χ4n) is 2.04. The minimum absolute atomic E-state index is 0.192. The summed E-state index contributed by atoms with van der Waals surface area (Å²) in [7, 11) is 1.76. The van der Waals surface area contributed by atoms with Gasteiger partial charge in [-0.3, -0.25) is 0 Å². The molecule has 1 aromatic carbocycles. The minimum Gasteiger partial charge on any atom is -0.478 e. The van der Waals surface area contributed by atoms with E-state index in [1.54, 1.807) is 43.3 Å². The molecule has 1 heterocycles. The number of benzene rings is 1. The number of hydrogen-bond acceptors (Lipinski definition) is 3. The first-order chi connectivity index (χ1) is 9.49. The highest BCUT2D eigenvalue weighted by Crippen LogP contribution is 2.21. The highest BCUT2D eigenvalue weighted by Gasteiger charge is 2.17. The van der Waals surface area contributed by atoms with Crippen molar-refractivity contribution < 1.29 is 14.3 Å². The van der Waals surface area contributed by atoms with Crippen molar-refractivity contribution in [3.8, 4) is 0 Å². The molecule has 0 aliphatic carbocycles. The number of anilines is 1. The van der Waals surface area contributed by atoms with Gasteiger partial charge in [-0.1, -0.05) is 12.1 Å². The van der Waals surface area contributed by atoms with Gasteiger partial charge in [-0.25, -0.2) is 14.2 Å². The second-order valence-corrected chi connectivity index (χ2v) is 4.61. The van der Waals surface area contributed by atoms with E-state index in [9.17, 15) is 14.3 Å². The fourth-order valence-corrected chi connectivity index (χ4v) is 2.04. The molecule has 0 saturated carbocycles. The summed E-state index contributed by atoms with van der Waals surface area (Å²) in [6.07, 6.45) is 1.58. The van der Waals surface area contributed by atoms with E-state index < -0.39 is 5.97 Å². The summed E-state index contributed by atoms with van der Waals surface area (Å²) < 4.78 is 12.9. The van der Waals surface area contributed by atoms with Crippen LogP contribution in [-0.2, 0) is 6.54 Å². The number of carbonyl (C=O) groups is 1. The Kier molecular flexibility index (Phi) is 3.98. The third kappa shape index (κ3) is 2.93. The van der Waals surface area contributed by atoms with E-state index in [0.29, 0.717) is 17.9 Å². The minimum atomic E-state index is -1.00. The van der Waals surface area contributed by atoms with Crippen LogP contribution in [0.5, 0.6) is 0 Å². The lowest BCUT2D eigenvalue weighted by molar-refractivity contribution is 0.0696. The Balaban J connectivity index is 2.29. The molecule has 0 saturated heterocycles. The zero-order valence-corrected chi connectivity index (χ0v) is 11.3. The SMILES string of the molecule is Cc1ccnc(N(C)Cc2ccc(F)cc2)c1C(=O)O. The van der Waals surface area contributed by atoms with Crippen LogP contribution in [0, 0.1) is 12.7 Å². The monoisotopic (exact) mass is 274 g/mol. The number of carboxylic acids is 1. The van der Waals surface area contributed by atoms with Gasteiger partial charge in [-0.2, -0.15) is 0 Å². The van der Waals surface area contributed by atoms with Crippen LogP contribution in [-0.4, -0.2) is 23.1 Å². The zero-order chi connectivity index (χ0) is 14.7. The summed E-state index contributed by atoms with van der Waals surface area (Å²) in [6.45, 7) is 2.19. The quantitative estimate of drug-likeness (QED) is 0.931. The maximum absolute atomic E-state index is 12.9. The Morgan fingerprint density at radius 1 is 1.30 bits per heavy atom. The lowest BCUT2D eigenvalue weighted by Gasteiger charge is -2.20. The molecule has 0 bridgehead atoms. The summed E-state index contributed by atoms with van der Waals surface area (Å²) >= 11 is 0. The summed E-state index contributed by atoms with van der Waals surface area (Å²) in [5.74, 6) is -0.894. The smallest absolute Gasteiger partial charge is 0.339 e. The number of aromatic nitrogens is 1. The average molecular weight is 274 g/mol. The van der Waals surface area contributed by atoms with Gasteiger partial charge in [0.2, 0.25) is 0 Å². The van der Waals surface area contributed by atoms with Gasteiger partial charge in [0, 0.05) is 19.8 Å². The van der Waals surface area contributed by atoms with Crippen molar-refractivity contribution in [1.82, 2.24) is 4.98 Å². The van der Waals surface area contributed by atoms with Crippen molar-refractivity contribution in [3.63, 3.8) is 0 Å². The predicted molar refractivity (Wildman–Crippen MR) is 74.4 cm³/mol. The number of nitrogens with zero attached hydrogens (tertiary/aromatic N) is 2. The number of pyridine rings is 1. The third-order valence-electron chi connectivity index (χ3n) is 3.05. The molecular weight excluding hydrogens is 259 g/mol. The zero-order valence-electron chi connectivity index (χ0n) is 11.3. The van der Waals surface area contributed by atoms with Crippen LogP contribution in [0.2, 0.25) is 0 Å². The number of carboxylic acid groups (broad SMARTS) is 1. The Labute approximate surface area is 116 Å². The maximum atomic E-state index is 12.9. The highest BCUT2D eigenvalue weighted by molar-refractivity contribution is 5.94. The molecule has 4 nitrogen and oxygen atoms in total. The maximum Gasteiger partial charge on any atom is 0.339 e. The molecule has 1 aromatic heterocycles. The normalized spacial score (nSPS) is 10.3. The number of rotatable bonds is 4. The summed E-state index contributed by atoms with van der Waals surface area (Å²) in [4.78, 5) is 17.2. The van der Waals surface area contributed by atoms with E-state index in [-0.39, 0.29) is 11.4 Å². The standard InChI is InChI=1S/C15H15FN2O2/c1-10-7-8-17-14(13(10)15(19)20)18(2)9-11-3-5-12(16)6-4-11/h3-8H,9H2,1-2H3,(H,19,20). The van der Waals surface area contributed by atoms with Crippen LogP contribution in [0.15, 0.2) is 36.5 Å². The van der Waals surface area contributed by atoms with Crippen LogP contribution in [0.3, 0.4) is 0 Å². The molecule has 20 heavy (non-hydrogen) atoms. The molecule has 0 atom stereocenters. The molecule has 2 rings (SSSR count). The van der Waals surface area contributed by atoms with Gasteiger partial charge in [0.1, 0.15) is 17.2 Å². The van der Waals surface area contributed by atoms with Gasteiger partial charge >= 0.3 is 5.97 Å². The van der Waals surface area contributed by atoms with Crippen LogP contribution in [0.25, 0.3) is 0 Å². The van der Waals surface area contributed by atoms with E-state index in [2.05, 4.69) is 4.98 Å². The van der Waals surface area contributed by atoms with Gasteiger partial charge in [0.15, 0.2) is 0 Å². The molecule has 0 aliphatic heterocycles. The molecule has 0 aliphatic rings. The van der Waals surface area contributed by atoms with E-state index in [0.717, 1.165) is 5.56 Å². The first kappa shape index (κ1) is 14.0. The second kappa shape index (κ2) is 5.69. The topological polar surface area (TPSA) is 53.4 Å². The van der Waals surface area contributed by atoms with Crippen molar-refractivity contribution in [1.29, 1.82) is 0 Å². The third-order valence-corrected chi connectivity index (χ3v) is 3.05. The molecule has 0 radical (unpaired) electrons. The number of hydrogen-bond donors (Lipinski definition) is 1. The van der Waals surface area contributed by atoms with Crippen molar-refractivity contribution in [3.05, 3.63) is 59.0 Å². The molecular formula is C15H15FN2O2. The van der Waals surface area contributed by atoms with Crippen LogP contribution < -0.4 is 4.90 Å². The Morgan fingerprint density at radius 3 is 2.55 bits per heavy atom. The molecule has 0 fully saturated rings. The Bertz CT molecular complexity index is 626. The van der Waals surface area contributed by atoms with Gasteiger partial charge in [0.25, 0.3) is 0 Å². The largest absolute Gasteiger partial charge is 0.478 e. The second-order valence-electron chi connectivity index (χ2n) is 4.61. The molecule has 0 spiro atoms. The molecule has 2 aromatic rings. The number of aromatic carboxylic acids is 1. The van der Waals surface area contributed by atoms with Crippen molar-refractivity contribution in [2.75, 3.05) is 11.9 Å². The fraction of sp³-hybridized carbons (Fsp3) is 0.200. The lowest BCUT2D eigenvalue weighted by atomic mass is 10.1. The van der Waals surface area contributed by atoms with Crippen LogP contribution in [0.4, 0.5) is 10.2 Å². The van der Waals surface area contributed by atoms with Crippen LogP contribution in [0.1, 0.15) is 21.5 Å². The Morgan fingerprint density at radius 2 is 1.95 bits per heavy atom. The highest BCUT2D eigenvalue weighted by atomic mass is 19.1. The summed E-state index contributed by atoms with van der Waals surface area (Å²) in [5.41, 5.74) is 1.74. The lowest BCUT2D eigenvalue weighted by Crippen LogP contribution is -2.21. The first-order valence-electron chi connectivity index (χ1n) is 6.13. The van der Waals surface area contributed by atoms with E-state index >= 15 is 0 Å². The number of aryl methyl sites for hydroxylation is 1. The first-order valence-corrected chi connectivity index (χ1v) is 6.13. The molecule has 104 valence electrons. The van der Waals surface area contributed by atoms with Gasteiger partial charge in [-0.05, 0) is 36.2 Å². The Hall–Kier alpha value is -2.43. The molecule has 0 amide bonds. The van der Waals surface area contributed by atoms with Crippen molar-refractivity contribution in [2.24, 2.45) is 0 Å². The molecule has 1 N–H and O–H groups in total. The van der Waals surface area contributed by atoms with Crippen molar-refractivity contribution in [2.45, 2.75) is 13.5 Å². The average Bonchev–Trinajstić information content (AvgIpc) is 2.40. The van der Waals surface area contributed by atoms with Crippen molar-refractivity contribution >= 4 is 11.8 Å². The van der Waals surface area contributed by atoms with E-state index in [1.807, 2.05) is 0 Å². The summed E-state index contributed by atoms with van der Waals surface area (Å²) in [6, 6.07) is 7.76. The van der Waals surface area contributed by atoms with Gasteiger partial charge in [-0.15, -0.1) is 0 Å². The molecule has 5 heteroatoms. The predicted octanol–water partition coefficient (Wildman–Crippen LogP) is 2.86. The van der Waals surface area contributed by atoms with Crippen LogP contribution >= 0.6 is 0 Å². The number of halogens is 1. The van der Waals surface area contributed by atoms with E-state index in [4.69, 9.17) is 0 Å².